The molecule has 0 N–H and O–H groups in total. The predicted octanol–water partition coefficient (Wildman–Crippen LogP) is 6.69. The first-order chi connectivity index (χ1) is 4.27. The molecule has 0 saturated carbocycles. The van der Waals surface area contributed by atoms with Crippen molar-refractivity contribution in [3.8, 4) is 0 Å². The van der Waals surface area contributed by atoms with Gasteiger partial charge in [-0.2, -0.15) is 0 Å². The molecule has 4 atom stereocenters. The zero-order valence-electron chi connectivity index (χ0n) is 3.77. The van der Waals surface area contributed by atoms with Crippen molar-refractivity contribution in [1.29, 1.82) is 0 Å². The van der Waals surface area contributed by atoms with Crippen LogP contribution in [0.25, 0.3) is 0 Å². The zero-order chi connectivity index (χ0) is 6.43. The molecular weight excluding hydrogens is 291 g/mol. The predicted molar refractivity (Wildman–Crippen MR) is 59.5 cm³/mol. The SMILES string of the molecule is Clp1sp2sp1sp2Cl. The molecule has 0 aromatic carbocycles. The lowest BCUT2D eigenvalue weighted by atomic mass is 29.5. The van der Waals surface area contributed by atoms with Gasteiger partial charge in [0.15, 0.2) is 0 Å². The lowest BCUT2D eigenvalue weighted by Gasteiger charge is -1.82. The molecule has 2 bridgehead atoms. The average molecular weight is 291 g/mol. The second-order valence-electron chi connectivity index (χ2n) is 1.17. The van der Waals surface area contributed by atoms with Crippen LogP contribution in [-0.4, -0.2) is 0 Å². The van der Waals surface area contributed by atoms with Crippen molar-refractivity contribution < 1.29 is 0 Å². The molecule has 2 aromatic heterocycles. The molecule has 0 spiro atoms. The fraction of sp³-hybridized carbons (Fsp3) is 0. The Morgan fingerprint density at radius 2 is 1.22 bits per heavy atom. The van der Waals surface area contributed by atoms with Crippen LogP contribution in [0, 0.1) is 0 Å². The van der Waals surface area contributed by atoms with Crippen molar-refractivity contribution in [2.45, 2.75) is 0 Å². The van der Waals surface area contributed by atoms with E-state index in [0.29, 0.717) is 0 Å². The first-order valence-electron chi connectivity index (χ1n) is 1.83. The van der Waals surface area contributed by atoms with Crippen LogP contribution in [0.3, 0.4) is 0 Å². The van der Waals surface area contributed by atoms with Gasteiger partial charge in [0.25, 0.3) is 0 Å². The van der Waals surface area contributed by atoms with Gasteiger partial charge in [-0.1, -0.05) is 31.6 Å². The van der Waals surface area contributed by atoms with Crippen molar-refractivity contribution in [3.63, 3.8) is 0 Å². The number of fused-ring (bicyclic) bond motifs is 2. The molecule has 9 heteroatoms. The van der Waals surface area contributed by atoms with E-state index in [-0.39, 0.29) is 22.2 Å². The second kappa shape index (κ2) is 3.06. The van der Waals surface area contributed by atoms with E-state index < -0.39 is 0 Å². The Balaban J connectivity index is 2.93. The number of hydrogen-bond acceptors (Lipinski definition) is 3. The molecular formula is Cl2P4S3. The fourth-order valence-corrected chi connectivity index (χ4v) is 92.2. The van der Waals surface area contributed by atoms with Gasteiger partial charge in [0.05, 0.1) is 22.2 Å². The van der Waals surface area contributed by atoms with Crippen molar-refractivity contribution in [1.82, 2.24) is 0 Å². The summed E-state index contributed by atoms with van der Waals surface area (Å²) in [6.07, 6.45) is 0. The van der Waals surface area contributed by atoms with Crippen LogP contribution in [0.15, 0.2) is 0 Å². The van der Waals surface area contributed by atoms with Gasteiger partial charge in [0, 0.05) is 0 Å². The largest absolute Gasteiger partial charge is 0.0756 e. The van der Waals surface area contributed by atoms with Crippen LogP contribution in [0.4, 0.5) is 0 Å². The van der Waals surface area contributed by atoms with Crippen molar-refractivity contribution in [3.05, 3.63) is 0 Å². The van der Waals surface area contributed by atoms with Gasteiger partial charge in [0.2, 0.25) is 0 Å². The van der Waals surface area contributed by atoms with Gasteiger partial charge >= 0.3 is 0 Å². The molecule has 0 nitrogen and oxygen atoms in total. The van der Waals surface area contributed by atoms with Gasteiger partial charge in [0.1, 0.15) is 0 Å². The molecule has 0 aliphatic heterocycles. The molecule has 0 aliphatic carbocycles. The van der Waals surface area contributed by atoms with E-state index in [9.17, 15) is 0 Å². The van der Waals surface area contributed by atoms with E-state index in [2.05, 4.69) is 10.5 Å². The Labute approximate surface area is 75.7 Å². The molecule has 0 fully saturated rings. The third-order valence-electron chi connectivity index (χ3n) is 0.671. The molecule has 0 saturated heterocycles. The summed E-state index contributed by atoms with van der Waals surface area (Å²) in [4.78, 5) is 0. The standard InChI is InChI=1S/Cl2P4S3/c1-3-5-8-4(2)6(7-3)9-5. The van der Waals surface area contributed by atoms with E-state index in [4.69, 9.17) is 22.5 Å². The Kier molecular flexibility index (Phi) is 2.74. The highest BCUT2D eigenvalue weighted by Crippen LogP contribution is 2.83. The summed E-state index contributed by atoms with van der Waals surface area (Å²) in [6.45, 7) is 0. The molecule has 2 rings (SSSR count). The third kappa shape index (κ3) is 1.48. The maximum absolute atomic E-state index is 6.06. The molecule has 0 amide bonds. The Morgan fingerprint density at radius 1 is 0.778 bits per heavy atom. The fourth-order valence-electron chi connectivity index (χ4n) is 0.379. The van der Waals surface area contributed by atoms with Gasteiger partial charge in [-0.25, -0.2) is 0 Å². The van der Waals surface area contributed by atoms with E-state index >= 15 is 0 Å². The molecule has 2 heterocycles. The summed E-state index contributed by atoms with van der Waals surface area (Å²) < 4.78 is 0. The highest BCUT2D eigenvalue weighted by molar-refractivity contribution is 8.85. The number of halogens is 2. The zero-order valence-corrected chi connectivity index (χ0v) is 11.3. The minimum absolute atomic E-state index is 0.0828. The highest BCUT2D eigenvalue weighted by Gasteiger charge is 2.07. The third-order valence-corrected chi connectivity index (χ3v) is 54.3. The van der Waals surface area contributed by atoms with Crippen molar-refractivity contribution in [2.75, 3.05) is 0 Å². The first kappa shape index (κ1) is 8.06. The van der Waals surface area contributed by atoms with Crippen LogP contribution in [-0.2, 0) is 0 Å². The Hall–Kier alpha value is 2.44. The van der Waals surface area contributed by atoms with Crippen LogP contribution in [0.5, 0.6) is 0 Å². The van der Waals surface area contributed by atoms with E-state index in [1.54, 1.807) is 0 Å². The molecule has 2 aromatic rings. The van der Waals surface area contributed by atoms with Gasteiger partial charge < -0.3 is 0 Å². The minimum atomic E-state index is -0.165. The van der Waals surface area contributed by atoms with E-state index in [1.807, 2.05) is 21.1 Å². The summed E-state index contributed by atoms with van der Waals surface area (Å²) in [6, 6.07) is 0. The van der Waals surface area contributed by atoms with Crippen LogP contribution in [0.2, 0.25) is 0 Å². The molecule has 0 radical (unpaired) electrons. The van der Waals surface area contributed by atoms with Crippen LogP contribution >= 0.6 is 76.4 Å². The van der Waals surface area contributed by atoms with Crippen molar-refractivity contribution in [2.24, 2.45) is 0 Å². The molecule has 9 heavy (non-hydrogen) atoms. The first-order valence-corrected chi connectivity index (χ1v) is 16.5. The molecule has 0 aliphatic rings. The summed E-state index contributed by atoms with van der Waals surface area (Å²) in [5.74, 6) is -0.330. The smallest absolute Gasteiger partial charge is 0.0664 e. The molecule has 52 valence electrons. The summed E-state index contributed by atoms with van der Waals surface area (Å²) in [5, 5.41) is 0.166. The quantitative estimate of drug-likeness (QED) is 0.507. The molecule has 4 unspecified atom stereocenters. The monoisotopic (exact) mass is 290 g/mol. The average Bonchev–Trinajstić information content (AvgIpc) is 2.24. The van der Waals surface area contributed by atoms with E-state index in [1.165, 1.54) is 0 Å². The Bertz CT molecular complexity index is 297. The maximum atomic E-state index is 6.06. The summed E-state index contributed by atoms with van der Waals surface area (Å²) in [7, 11) is 6.07. The van der Waals surface area contributed by atoms with Crippen molar-refractivity contribution >= 4 is 76.4 Å². The summed E-state index contributed by atoms with van der Waals surface area (Å²) in [5.41, 5.74) is 0. The topological polar surface area (TPSA) is 0 Å². The number of rotatable bonds is 0. The van der Waals surface area contributed by atoms with E-state index in [0.717, 1.165) is 0 Å². The second-order valence-corrected chi connectivity index (χ2v) is 31.7. The Morgan fingerprint density at radius 3 is 1.44 bits per heavy atom. The van der Waals surface area contributed by atoms with Crippen LogP contribution in [0.1, 0.15) is 0 Å². The van der Waals surface area contributed by atoms with Crippen LogP contribution < -0.4 is 0 Å². The maximum Gasteiger partial charge on any atom is 0.0756 e. The minimum Gasteiger partial charge on any atom is -0.0664 e. The van der Waals surface area contributed by atoms with Gasteiger partial charge in [-0.05, 0) is 22.5 Å². The normalized spacial score (nSPS) is 19.3. The lowest BCUT2D eigenvalue weighted by molar-refractivity contribution is 4.82. The van der Waals surface area contributed by atoms with Gasteiger partial charge in [-0.15, -0.1) is 0 Å². The summed E-state index contributed by atoms with van der Waals surface area (Å²) >= 11 is 12.1. The lowest BCUT2D eigenvalue weighted by Crippen LogP contribution is -1.06. The highest BCUT2D eigenvalue weighted by atomic mass is 35.7. The number of hydrogen-bond donors (Lipinski definition) is 0. The van der Waals surface area contributed by atoms with Gasteiger partial charge in [-0.3, -0.25) is 0 Å².